The van der Waals surface area contributed by atoms with E-state index in [0.29, 0.717) is 0 Å². The smallest absolute Gasteiger partial charge is 0.0341 e. The van der Waals surface area contributed by atoms with Crippen LogP contribution in [-0.4, -0.2) is 0 Å². The van der Waals surface area contributed by atoms with Crippen molar-refractivity contribution in [2.75, 3.05) is 0 Å². The summed E-state index contributed by atoms with van der Waals surface area (Å²) in [5, 5.41) is 6.30. The monoisotopic (exact) mass is 544 g/mol. The van der Waals surface area contributed by atoms with Crippen molar-refractivity contribution in [3.63, 3.8) is 0 Å². The van der Waals surface area contributed by atoms with Gasteiger partial charge < -0.3 is 0 Å². The molecule has 0 spiro atoms. The van der Waals surface area contributed by atoms with Crippen LogP contribution < -0.4 is 21.2 Å². The van der Waals surface area contributed by atoms with E-state index in [9.17, 15) is 0 Å². The Morgan fingerprint density at radius 2 is 0.944 bits per heavy atom. The molecule has 0 aliphatic heterocycles. The first kappa shape index (κ1) is 27.0. The molecule has 0 unspecified atom stereocenters. The highest BCUT2D eigenvalue weighted by molar-refractivity contribution is 8.25. The van der Waals surface area contributed by atoms with Crippen LogP contribution in [0.25, 0.3) is 0 Å². The lowest BCUT2D eigenvalue weighted by Gasteiger charge is -2.30. The van der Waals surface area contributed by atoms with Crippen molar-refractivity contribution in [3.8, 4) is 0 Å². The third kappa shape index (κ3) is 6.07. The number of unbranched alkanes of at least 4 members (excludes halogenated alkanes) is 3. The fourth-order valence-electron chi connectivity index (χ4n) is 4.60. The molecule has 4 rings (SSSR count). The van der Waals surface area contributed by atoms with Crippen molar-refractivity contribution in [2.45, 2.75) is 39.0 Å². The first-order chi connectivity index (χ1) is 17.6. The van der Waals surface area contributed by atoms with Gasteiger partial charge >= 0.3 is 0 Å². The van der Waals surface area contributed by atoms with Crippen LogP contribution in [0.2, 0.25) is 0 Å². The fraction of sp³-hybridized carbons (Fsp3) is 0.188. The summed E-state index contributed by atoms with van der Waals surface area (Å²) in [7, 11) is 0. The Hall–Kier alpha value is -2.08. The summed E-state index contributed by atoms with van der Waals surface area (Å²) in [4.78, 5) is 0. The van der Waals surface area contributed by atoms with E-state index >= 15 is 0 Å². The van der Waals surface area contributed by atoms with Crippen LogP contribution in [0.1, 0.15) is 39.0 Å². The summed E-state index contributed by atoms with van der Waals surface area (Å²) >= 11 is 13.5. The van der Waals surface area contributed by atoms with E-state index in [4.69, 9.17) is 23.6 Å². The summed E-state index contributed by atoms with van der Waals surface area (Å²) in [6, 6.07) is 38.4. The van der Waals surface area contributed by atoms with Crippen molar-refractivity contribution >= 4 is 56.9 Å². The zero-order chi connectivity index (χ0) is 25.3. The van der Waals surface area contributed by atoms with E-state index in [1.807, 2.05) is 0 Å². The second kappa shape index (κ2) is 12.9. The quantitative estimate of drug-likeness (QED) is 0.138. The largest absolute Gasteiger partial charge is 0.0832 e. The van der Waals surface area contributed by atoms with E-state index in [1.165, 1.54) is 45.8 Å². The zero-order valence-corrected chi connectivity index (χ0v) is 24.3. The molecule has 4 aromatic carbocycles. The Labute approximate surface area is 227 Å². The minimum atomic E-state index is -2.26. The molecule has 0 saturated carbocycles. The standard InChI is InChI=1S/C32H34P2S2/c1-2-3-4-9-26-32(34(36,30-22-14-7-15-23-30)31-24-16-8-17-25-31)27-33(35,28-18-10-5-11-19-28)29-20-12-6-13-21-29/h5-8,10-25,27H,2-4,9,26H2,1H3/b32-27+. The molecule has 4 aromatic rings. The van der Waals surface area contributed by atoms with E-state index in [-0.39, 0.29) is 0 Å². The third-order valence-corrected chi connectivity index (χ3v) is 16.3. The van der Waals surface area contributed by atoms with Gasteiger partial charge in [0.15, 0.2) is 0 Å². The zero-order valence-electron chi connectivity index (χ0n) is 20.9. The molecular weight excluding hydrogens is 510 g/mol. The van der Waals surface area contributed by atoms with Crippen molar-refractivity contribution in [3.05, 3.63) is 132 Å². The maximum absolute atomic E-state index is 6.82. The normalized spacial score (nSPS) is 12.4. The van der Waals surface area contributed by atoms with Crippen molar-refractivity contribution < 1.29 is 0 Å². The topological polar surface area (TPSA) is 0 Å². The Balaban J connectivity index is 1.98. The highest BCUT2D eigenvalue weighted by atomic mass is 32.4. The SMILES string of the molecule is CCCCCC/C(=C\P(=S)(c1ccccc1)c1ccccc1)P(=S)(c1ccccc1)c1ccccc1. The lowest BCUT2D eigenvalue weighted by atomic mass is 10.1. The molecule has 0 atom stereocenters. The van der Waals surface area contributed by atoms with E-state index in [1.54, 1.807) is 0 Å². The van der Waals surface area contributed by atoms with Crippen LogP contribution in [0.15, 0.2) is 132 Å². The molecule has 36 heavy (non-hydrogen) atoms. The summed E-state index contributed by atoms with van der Waals surface area (Å²) < 4.78 is 0. The molecule has 0 aromatic heterocycles. The van der Waals surface area contributed by atoms with Crippen molar-refractivity contribution in [2.24, 2.45) is 0 Å². The van der Waals surface area contributed by atoms with Gasteiger partial charge in [0.1, 0.15) is 0 Å². The lowest BCUT2D eigenvalue weighted by Crippen LogP contribution is -2.19. The van der Waals surface area contributed by atoms with Crippen LogP contribution >= 0.6 is 12.1 Å². The van der Waals surface area contributed by atoms with Gasteiger partial charge in [-0.05, 0) is 45.2 Å². The van der Waals surface area contributed by atoms with E-state index < -0.39 is 12.1 Å². The molecule has 184 valence electrons. The Kier molecular flexibility index (Phi) is 9.69. The summed E-state index contributed by atoms with van der Waals surface area (Å²) in [6.07, 6.45) is 5.80. The first-order valence-electron chi connectivity index (χ1n) is 12.7. The second-order valence-electron chi connectivity index (χ2n) is 9.04. The molecule has 0 fully saturated rings. The Morgan fingerprint density at radius 1 is 0.556 bits per heavy atom. The molecule has 0 radical (unpaired) electrons. The van der Waals surface area contributed by atoms with E-state index in [2.05, 4.69) is 134 Å². The lowest BCUT2D eigenvalue weighted by molar-refractivity contribution is 0.672. The molecule has 0 nitrogen and oxygen atoms in total. The van der Waals surface area contributed by atoms with Crippen molar-refractivity contribution in [1.29, 1.82) is 0 Å². The Bertz CT molecular complexity index is 1260. The number of hydrogen-bond acceptors (Lipinski definition) is 2. The molecular formula is C32H34P2S2. The van der Waals surface area contributed by atoms with Gasteiger partial charge in [-0.3, -0.25) is 0 Å². The van der Waals surface area contributed by atoms with Crippen LogP contribution in [0.3, 0.4) is 0 Å². The summed E-state index contributed by atoms with van der Waals surface area (Å²) in [6.45, 7) is 2.26. The highest BCUT2D eigenvalue weighted by Gasteiger charge is 2.30. The average Bonchev–Trinajstić information content (AvgIpc) is 2.96. The minimum Gasteiger partial charge on any atom is -0.0832 e. The van der Waals surface area contributed by atoms with Gasteiger partial charge in [0.05, 0.1) is 0 Å². The van der Waals surface area contributed by atoms with Gasteiger partial charge in [-0.1, -0.05) is 171 Å². The van der Waals surface area contributed by atoms with Gasteiger partial charge in [-0.2, -0.15) is 0 Å². The maximum Gasteiger partial charge on any atom is 0.0341 e. The highest BCUT2D eigenvalue weighted by Crippen LogP contribution is 2.59. The van der Waals surface area contributed by atoms with Crippen LogP contribution in [0, 0.1) is 0 Å². The molecule has 0 aliphatic rings. The molecule has 0 bridgehead atoms. The Morgan fingerprint density at radius 3 is 1.33 bits per heavy atom. The van der Waals surface area contributed by atoms with Crippen LogP contribution in [0.5, 0.6) is 0 Å². The second-order valence-corrected chi connectivity index (χ2v) is 17.8. The van der Waals surface area contributed by atoms with Gasteiger partial charge in [0.2, 0.25) is 0 Å². The summed E-state index contributed by atoms with van der Waals surface area (Å²) in [5.41, 5.74) is 0. The molecule has 0 saturated heterocycles. The number of allylic oxidation sites excluding steroid dienone is 1. The van der Waals surface area contributed by atoms with Crippen LogP contribution in [0.4, 0.5) is 0 Å². The number of rotatable bonds is 11. The minimum absolute atomic E-state index is 0.985. The molecule has 0 amide bonds. The average molecular weight is 545 g/mol. The van der Waals surface area contributed by atoms with Crippen molar-refractivity contribution in [1.82, 2.24) is 0 Å². The van der Waals surface area contributed by atoms with Gasteiger partial charge in [0, 0.05) is 12.1 Å². The van der Waals surface area contributed by atoms with Gasteiger partial charge in [-0.25, -0.2) is 0 Å². The fourth-order valence-corrected chi connectivity index (χ4v) is 13.5. The van der Waals surface area contributed by atoms with Gasteiger partial charge in [-0.15, -0.1) is 0 Å². The summed E-state index contributed by atoms with van der Waals surface area (Å²) in [5.74, 6) is 2.47. The van der Waals surface area contributed by atoms with E-state index in [0.717, 1.165) is 12.8 Å². The molecule has 0 N–H and O–H groups in total. The predicted molar refractivity (Wildman–Crippen MR) is 170 cm³/mol. The van der Waals surface area contributed by atoms with Crippen LogP contribution in [-0.2, 0) is 23.6 Å². The molecule has 0 heterocycles. The van der Waals surface area contributed by atoms with Gasteiger partial charge in [0.25, 0.3) is 0 Å². The number of hydrogen-bond donors (Lipinski definition) is 0. The third-order valence-electron chi connectivity index (χ3n) is 6.54. The maximum atomic E-state index is 6.82. The molecule has 4 heteroatoms. The molecule has 0 aliphatic carbocycles. The predicted octanol–water partition coefficient (Wildman–Crippen LogP) is 8.06. The first-order valence-corrected chi connectivity index (χ1v) is 18.4. The number of benzene rings is 4.